The van der Waals surface area contributed by atoms with Gasteiger partial charge in [0.05, 0.1) is 11.9 Å². The van der Waals surface area contributed by atoms with Crippen molar-refractivity contribution in [2.45, 2.75) is 13.0 Å². The van der Waals surface area contributed by atoms with E-state index in [9.17, 15) is 22.0 Å². The highest BCUT2D eigenvalue weighted by Crippen LogP contribution is 2.22. The van der Waals surface area contributed by atoms with E-state index in [2.05, 4.69) is 0 Å². The predicted octanol–water partition coefficient (Wildman–Crippen LogP) is 0.605. The number of anilines is 1. The van der Waals surface area contributed by atoms with Crippen LogP contribution in [0, 0.1) is 11.6 Å². The first-order valence-corrected chi connectivity index (χ1v) is 6.73. The van der Waals surface area contributed by atoms with Gasteiger partial charge in [-0.3, -0.25) is 9.10 Å². The van der Waals surface area contributed by atoms with Gasteiger partial charge in [-0.05, 0) is 19.1 Å². The second kappa shape index (κ2) is 4.89. The van der Waals surface area contributed by atoms with Gasteiger partial charge in [-0.2, -0.15) is 0 Å². The Morgan fingerprint density at radius 3 is 2.28 bits per heavy atom. The molecule has 1 aromatic carbocycles. The van der Waals surface area contributed by atoms with Crippen molar-refractivity contribution < 1.29 is 22.0 Å². The molecule has 1 rings (SSSR count). The van der Waals surface area contributed by atoms with E-state index in [4.69, 9.17) is 5.73 Å². The van der Waals surface area contributed by atoms with Crippen molar-refractivity contribution in [1.29, 1.82) is 0 Å². The first-order chi connectivity index (χ1) is 8.14. The second-order valence-electron chi connectivity index (χ2n) is 3.74. The van der Waals surface area contributed by atoms with Gasteiger partial charge in [-0.25, -0.2) is 17.2 Å². The number of carbonyl (C=O) groups excluding carboxylic acids is 1. The van der Waals surface area contributed by atoms with Crippen LogP contribution < -0.4 is 10.0 Å². The number of hydrogen-bond donors (Lipinski definition) is 1. The molecule has 8 heteroatoms. The van der Waals surface area contributed by atoms with Crippen LogP contribution in [-0.2, 0) is 14.8 Å². The predicted molar refractivity (Wildman–Crippen MR) is 62.3 cm³/mol. The fourth-order valence-electron chi connectivity index (χ4n) is 1.44. The fourth-order valence-corrected chi connectivity index (χ4v) is 2.61. The van der Waals surface area contributed by atoms with Crippen LogP contribution in [0.3, 0.4) is 0 Å². The maximum absolute atomic E-state index is 13.1. The lowest BCUT2D eigenvalue weighted by Crippen LogP contribution is -2.45. The van der Waals surface area contributed by atoms with E-state index in [1.807, 2.05) is 0 Å². The molecule has 0 aliphatic carbocycles. The molecular weight excluding hydrogens is 266 g/mol. The molecule has 5 nitrogen and oxygen atoms in total. The Balaban J connectivity index is 3.36. The van der Waals surface area contributed by atoms with Crippen molar-refractivity contribution in [1.82, 2.24) is 0 Å². The molecule has 0 saturated heterocycles. The first kappa shape index (κ1) is 14.4. The third-order valence-electron chi connectivity index (χ3n) is 2.28. The average molecular weight is 278 g/mol. The molecule has 0 aliphatic heterocycles. The fraction of sp³-hybridized carbons (Fsp3) is 0.300. The summed E-state index contributed by atoms with van der Waals surface area (Å²) in [5, 5.41) is 0. The van der Waals surface area contributed by atoms with E-state index in [1.165, 1.54) is 6.92 Å². The van der Waals surface area contributed by atoms with Crippen LogP contribution in [0.1, 0.15) is 6.92 Å². The number of sulfonamides is 1. The summed E-state index contributed by atoms with van der Waals surface area (Å²) < 4.78 is 49.7. The normalized spacial score (nSPS) is 13.1. The summed E-state index contributed by atoms with van der Waals surface area (Å²) in [5.41, 5.74) is 4.86. The highest BCUT2D eigenvalue weighted by molar-refractivity contribution is 7.92. The van der Waals surface area contributed by atoms with E-state index in [1.54, 1.807) is 0 Å². The minimum absolute atomic E-state index is 0.164. The van der Waals surface area contributed by atoms with E-state index in [0.717, 1.165) is 18.4 Å². The van der Waals surface area contributed by atoms with Crippen molar-refractivity contribution in [3.05, 3.63) is 29.8 Å². The van der Waals surface area contributed by atoms with Crippen molar-refractivity contribution in [3.8, 4) is 0 Å². The smallest absolute Gasteiger partial charge is 0.241 e. The second-order valence-corrected chi connectivity index (χ2v) is 5.60. The molecule has 1 aromatic rings. The summed E-state index contributed by atoms with van der Waals surface area (Å²) in [4.78, 5) is 11.1. The molecule has 2 N–H and O–H groups in total. The number of nitrogens with zero attached hydrogens (tertiary/aromatic N) is 1. The summed E-state index contributed by atoms with van der Waals surface area (Å²) in [6.45, 7) is 1.25. The summed E-state index contributed by atoms with van der Waals surface area (Å²) in [6, 6.07) is 1.32. The van der Waals surface area contributed by atoms with Crippen molar-refractivity contribution >= 4 is 21.6 Å². The summed E-state index contributed by atoms with van der Waals surface area (Å²) >= 11 is 0. The maximum Gasteiger partial charge on any atom is 0.241 e. The summed E-state index contributed by atoms with van der Waals surface area (Å²) in [7, 11) is -3.85. The number of rotatable bonds is 4. The minimum Gasteiger partial charge on any atom is -0.368 e. The van der Waals surface area contributed by atoms with Crippen molar-refractivity contribution in [2.24, 2.45) is 5.73 Å². The molecule has 0 fully saturated rings. The van der Waals surface area contributed by atoms with E-state index >= 15 is 0 Å². The molecule has 0 spiro atoms. The van der Waals surface area contributed by atoms with Crippen LogP contribution in [-0.4, -0.2) is 26.6 Å². The van der Waals surface area contributed by atoms with Crippen molar-refractivity contribution in [2.75, 3.05) is 10.6 Å². The first-order valence-electron chi connectivity index (χ1n) is 4.88. The average Bonchev–Trinajstić information content (AvgIpc) is 2.21. The van der Waals surface area contributed by atoms with Crippen LogP contribution in [0.2, 0.25) is 0 Å². The van der Waals surface area contributed by atoms with Crippen LogP contribution in [0.15, 0.2) is 18.2 Å². The molecule has 18 heavy (non-hydrogen) atoms. The highest BCUT2D eigenvalue weighted by Gasteiger charge is 2.28. The van der Waals surface area contributed by atoms with Gasteiger partial charge in [-0.1, -0.05) is 0 Å². The topological polar surface area (TPSA) is 80.5 Å². The molecular formula is C10H12F2N2O3S. The largest absolute Gasteiger partial charge is 0.368 e. The van der Waals surface area contributed by atoms with Gasteiger partial charge in [0.1, 0.15) is 6.04 Å². The molecule has 1 amide bonds. The molecule has 1 atom stereocenters. The quantitative estimate of drug-likeness (QED) is 0.876. The Morgan fingerprint density at radius 2 is 1.89 bits per heavy atom. The Bertz CT molecular complexity index is 574. The van der Waals surface area contributed by atoms with Crippen molar-refractivity contribution in [3.63, 3.8) is 0 Å². The van der Waals surface area contributed by atoms with Gasteiger partial charge in [0, 0.05) is 6.07 Å². The number of nitrogens with two attached hydrogens (primary N) is 1. The van der Waals surface area contributed by atoms with Gasteiger partial charge in [0.25, 0.3) is 0 Å². The van der Waals surface area contributed by atoms with Crippen LogP contribution in [0.4, 0.5) is 14.5 Å². The molecule has 0 radical (unpaired) electrons. The number of benzene rings is 1. The lowest BCUT2D eigenvalue weighted by molar-refractivity contribution is -0.118. The Labute approximate surface area is 103 Å². The number of hydrogen-bond acceptors (Lipinski definition) is 3. The van der Waals surface area contributed by atoms with Crippen LogP contribution in [0.5, 0.6) is 0 Å². The summed E-state index contributed by atoms with van der Waals surface area (Å²) in [5.74, 6) is -3.22. The summed E-state index contributed by atoms with van der Waals surface area (Å²) in [6.07, 6.45) is 0.841. The molecule has 0 bridgehead atoms. The van der Waals surface area contributed by atoms with Crippen LogP contribution in [0.25, 0.3) is 0 Å². The lowest BCUT2D eigenvalue weighted by atomic mass is 10.2. The molecule has 100 valence electrons. The SMILES string of the molecule is CC(C(N)=O)N(c1ccc(F)c(F)c1)S(C)(=O)=O. The number of halogens is 2. The molecule has 1 unspecified atom stereocenters. The molecule has 0 aromatic heterocycles. The Morgan fingerprint density at radius 1 is 1.33 bits per heavy atom. The molecule has 0 heterocycles. The van der Waals surface area contributed by atoms with E-state index < -0.39 is 33.6 Å². The standard InChI is InChI=1S/C10H12F2N2O3S/c1-6(10(13)15)14(18(2,16)17)7-3-4-8(11)9(12)5-7/h3-6H,1-2H3,(H2,13,15). The lowest BCUT2D eigenvalue weighted by Gasteiger charge is -2.26. The Hall–Kier alpha value is -1.70. The zero-order chi connectivity index (χ0) is 14.1. The number of primary amides is 1. The zero-order valence-electron chi connectivity index (χ0n) is 9.72. The van der Waals surface area contributed by atoms with Gasteiger partial charge >= 0.3 is 0 Å². The monoisotopic (exact) mass is 278 g/mol. The molecule has 0 saturated carbocycles. The van der Waals surface area contributed by atoms with E-state index in [0.29, 0.717) is 10.4 Å². The third kappa shape index (κ3) is 2.95. The minimum atomic E-state index is -3.85. The third-order valence-corrected chi connectivity index (χ3v) is 3.52. The van der Waals surface area contributed by atoms with E-state index in [-0.39, 0.29) is 5.69 Å². The maximum atomic E-state index is 13.1. The van der Waals surface area contributed by atoms with Gasteiger partial charge in [0.2, 0.25) is 15.9 Å². The number of amides is 1. The molecule has 0 aliphatic rings. The number of carbonyl (C=O) groups is 1. The van der Waals surface area contributed by atoms with Gasteiger partial charge in [0.15, 0.2) is 11.6 Å². The van der Waals surface area contributed by atoms with Gasteiger partial charge in [-0.15, -0.1) is 0 Å². The van der Waals surface area contributed by atoms with Gasteiger partial charge < -0.3 is 5.73 Å². The zero-order valence-corrected chi connectivity index (χ0v) is 10.5. The Kier molecular flexibility index (Phi) is 3.90. The highest BCUT2D eigenvalue weighted by atomic mass is 32.2. The van der Waals surface area contributed by atoms with Crippen LogP contribution >= 0.6 is 0 Å².